The maximum absolute atomic E-state index is 6.07. The summed E-state index contributed by atoms with van der Waals surface area (Å²) in [4.78, 5) is 0. The molecule has 0 amide bonds. The highest BCUT2D eigenvalue weighted by Crippen LogP contribution is 2.36. The minimum absolute atomic E-state index is 0.407. The molecule has 1 rings (SSSR count). The number of unbranched alkanes of at least 4 members (excludes halogenated alkanes) is 5. The van der Waals surface area contributed by atoms with Crippen LogP contribution in [0.25, 0.3) is 0 Å². The largest absolute Gasteiger partial charge is 0.375 e. The van der Waals surface area contributed by atoms with Crippen LogP contribution >= 0.6 is 0 Å². The Morgan fingerprint density at radius 2 is 1.52 bits per heavy atom. The standard InChI is InChI=1S/C19H39NO/c1-6-8-9-10-11-12-13-18(20-14-7-2)19-15(3)16(4)21-17(19)5/h15-20H,6-14H2,1-5H3. The molecular weight excluding hydrogens is 258 g/mol. The van der Waals surface area contributed by atoms with Crippen LogP contribution in [-0.4, -0.2) is 24.8 Å². The molecule has 126 valence electrons. The van der Waals surface area contributed by atoms with Crippen LogP contribution in [0.3, 0.4) is 0 Å². The van der Waals surface area contributed by atoms with Crippen molar-refractivity contribution in [2.75, 3.05) is 6.54 Å². The Kier molecular flexibility index (Phi) is 9.59. The Hall–Kier alpha value is -0.0800. The molecule has 1 N–H and O–H groups in total. The molecule has 0 bridgehead atoms. The summed E-state index contributed by atoms with van der Waals surface area (Å²) in [7, 11) is 0. The van der Waals surface area contributed by atoms with E-state index in [-0.39, 0.29) is 0 Å². The molecule has 1 fully saturated rings. The van der Waals surface area contributed by atoms with Crippen LogP contribution in [0.2, 0.25) is 0 Å². The molecule has 5 unspecified atom stereocenters. The first-order valence-electron chi connectivity index (χ1n) is 9.50. The summed E-state index contributed by atoms with van der Waals surface area (Å²) in [5, 5.41) is 3.81. The van der Waals surface area contributed by atoms with E-state index >= 15 is 0 Å². The van der Waals surface area contributed by atoms with Gasteiger partial charge < -0.3 is 10.1 Å². The van der Waals surface area contributed by atoms with E-state index in [9.17, 15) is 0 Å². The van der Waals surface area contributed by atoms with Gasteiger partial charge in [-0.25, -0.2) is 0 Å². The molecule has 0 aromatic rings. The highest BCUT2D eigenvalue weighted by atomic mass is 16.5. The van der Waals surface area contributed by atoms with E-state index in [0.29, 0.717) is 30.1 Å². The van der Waals surface area contributed by atoms with Crippen LogP contribution in [-0.2, 0) is 4.74 Å². The molecule has 2 heteroatoms. The Labute approximate surface area is 133 Å². The lowest BCUT2D eigenvalue weighted by molar-refractivity contribution is 0.0471. The fourth-order valence-corrected chi connectivity index (χ4v) is 3.89. The molecule has 0 saturated carbocycles. The van der Waals surface area contributed by atoms with Crippen molar-refractivity contribution < 1.29 is 4.74 Å². The van der Waals surface area contributed by atoms with Crippen molar-refractivity contribution in [1.29, 1.82) is 0 Å². The van der Waals surface area contributed by atoms with Gasteiger partial charge in [-0.05, 0) is 39.2 Å². The van der Waals surface area contributed by atoms with Gasteiger partial charge in [-0.15, -0.1) is 0 Å². The van der Waals surface area contributed by atoms with Gasteiger partial charge in [-0.2, -0.15) is 0 Å². The molecule has 1 aliphatic rings. The summed E-state index contributed by atoms with van der Waals surface area (Å²) in [6, 6.07) is 0.645. The Bertz CT molecular complexity index is 256. The van der Waals surface area contributed by atoms with Crippen molar-refractivity contribution in [2.45, 2.75) is 104 Å². The Balaban J connectivity index is 2.40. The number of nitrogens with one attached hydrogen (secondary N) is 1. The highest BCUT2D eigenvalue weighted by molar-refractivity contribution is 4.91. The highest BCUT2D eigenvalue weighted by Gasteiger charge is 2.40. The van der Waals surface area contributed by atoms with Crippen LogP contribution in [0.1, 0.15) is 86.0 Å². The molecule has 21 heavy (non-hydrogen) atoms. The Morgan fingerprint density at radius 1 is 0.857 bits per heavy atom. The molecule has 5 atom stereocenters. The zero-order valence-corrected chi connectivity index (χ0v) is 15.2. The third-order valence-electron chi connectivity index (χ3n) is 5.31. The van der Waals surface area contributed by atoms with Gasteiger partial charge in [0.1, 0.15) is 0 Å². The lowest BCUT2D eigenvalue weighted by Crippen LogP contribution is -2.42. The van der Waals surface area contributed by atoms with E-state index in [1.165, 1.54) is 51.4 Å². The van der Waals surface area contributed by atoms with E-state index in [2.05, 4.69) is 39.9 Å². The predicted octanol–water partition coefficient (Wildman–Crippen LogP) is 5.16. The summed E-state index contributed by atoms with van der Waals surface area (Å²) >= 11 is 0. The van der Waals surface area contributed by atoms with Crippen LogP contribution in [0, 0.1) is 11.8 Å². The van der Waals surface area contributed by atoms with Gasteiger partial charge in [0.25, 0.3) is 0 Å². The summed E-state index contributed by atoms with van der Waals surface area (Å²) in [6.07, 6.45) is 11.7. The predicted molar refractivity (Wildman–Crippen MR) is 92.7 cm³/mol. The van der Waals surface area contributed by atoms with Gasteiger partial charge >= 0.3 is 0 Å². The van der Waals surface area contributed by atoms with Gasteiger partial charge in [0.05, 0.1) is 12.2 Å². The maximum atomic E-state index is 6.07. The molecule has 2 nitrogen and oxygen atoms in total. The zero-order chi connectivity index (χ0) is 15.7. The first-order chi connectivity index (χ1) is 10.1. The summed E-state index contributed by atoms with van der Waals surface area (Å²) in [5.74, 6) is 1.36. The van der Waals surface area contributed by atoms with Crippen LogP contribution in [0.15, 0.2) is 0 Å². The fourth-order valence-electron chi connectivity index (χ4n) is 3.89. The third kappa shape index (κ3) is 6.28. The second kappa shape index (κ2) is 10.6. The molecule has 0 radical (unpaired) electrons. The molecule has 0 spiro atoms. The van der Waals surface area contributed by atoms with Crippen LogP contribution in [0.4, 0.5) is 0 Å². The lowest BCUT2D eigenvalue weighted by atomic mass is 9.81. The SMILES string of the molecule is CCCCCCCCC(NCCC)C1C(C)OC(C)C1C. The molecule has 0 aromatic carbocycles. The first kappa shape index (κ1) is 19.0. The fraction of sp³-hybridized carbons (Fsp3) is 1.00. The molecule has 0 aromatic heterocycles. The topological polar surface area (TPSA) is 21.3 Å². The second-order valence-electron chi connectivity index (χ2n) is 7.10. The first-order valence-corrected chi connectivity index (χ1v) is 9.50. The van der Waals surface area contributed by atoms with Gasteiger partial charge in [0, 0.05) is 12.0 Å². The number of hydrogen-bond acceptors (Lipinski definition) is 2. The minimum Gasteiger partial charge on any atom is -0.375 e. The van der Waals surface area contributed by atoms with E-state index in [4.69, 9.17) is 4.74 Å². The van der Waals surface area contributed by atoms with Crippen molar-refractivity contribution in [3.8, 4) is 0 Å². The number of ether oxygens (including phenoxy) is 1. The minimum atomic E-state index is 0.407. The quantitative estimate of drug-likeness (QED) is 0.532. The van der Waals surface area contributed by atoms with Gasteiger partial charge in [-0.1, -0.05) is 59.3 Å². The van der Waals surface area contributed by atoms with E-state index in [1.54, 1.807) is 0 Å². The van der Waals surface area contributed by atoms with Gasteiger partial charge in [0.2, 0.25) is 0 Å². The van der Waals surface area contributed by atoms with Crippen molar-refractivity contribution >= 4 is 0 Å². The average Bonchev–Trinajstić information content (AvgIpc) is 2.71. The third-order valence-corrected chi connectivity index (χ3v) is 5.31. The smallest absolute Gasteiger partial charge is 0.0597 e. The number of hydrogen-bond donors (Lipinski definition) is 1. The van der Waals surface area contributed by atoms with Crippen molar-refractivity contribution in [3.05, 3.63) is 0 Å². The Morgan fingerprint density at radius 3 is 2.10 bits per heavy atom. The molecule has 0 aliphatic carbocycles. The number of rotatable bonds is 11. The summed E-state index contributed by atoms with van der Waals surface area (Å²) < 4.78 is 6.07. The van der Waals surface area contributed by atoms with Crippen molar-refractivity contribution in [1.82, 2.24) is 5.32 Å². The van der Waals surface area contributed by atoms with Crippen LogP contribution < -0.4 is 5.32 Å². The zero-order valence-electron chi connectivity index (χ0n) is 15.2. The summed E-state index contributed by atoms with van der Waals surface area (Å²) in [6.45, 7) is 12.6. The molecule has 1 aliphatic heterocycles. The van der Waals surface area contributed by atoms with Gasteiger partial charge in [0.15, 0.2) is 0 Å². The van der Waals surface area contributed by atoms with Crippen LogP contribution in [0.5, 0.6) is 0 Å². The lowest BCUT2D eigenvalue weighted by Gasteiger charge is -2.30. The monoisotopic (exact) mass is 297 g/mol. The molecule has 1 saturated heterocycles. The molecule has 1 heterocycles. The van der Waals surface area contributed by atoms with E-state index < -0.39 is 0 Å². The second-order valence-corrected chi connectivity index (χ2v) is 7.10. The molecular formula is C19H39NO. The average molecular weight is 298 g/mol. The maximum Gasteiger partial charge on any atom is 0.0597 e. The van der Waals surface area contributed by atoms with E-state index in [0.717, 1.165) is 6.54 Å². The van der Waals surface area contributed by atoms with E-state index in [1.807, 2.05) is 0 Å². The van der Waals surface area contributed by atoms with Crippen molar-refractivity contribution in [2.24, 2.45) is 11.8 Å². The van der Waals surface area contributed by atoms with Gasteiger partial charge in [-0.3, -0.25) is 0 Å². The normalized spacial score (nSPS) is 30.7. The summed E-state index contributed by atoms with van der Waals surface area (Å²) in [5.41, 5.74) is 0. The van der Waals surface area contributed by atoms with Crippen molar-refractivity contribution in [3.63, 3.8) is 0 Å².